The fourth-order valence-corrected chi connectivity index (χ4v) is 4.44. The van der Waals surface area contributed by atoms with Gasteiger partial charge in [-0.15, -0.1) is 0 Å². The summed E-state index contributed by atoms with van der Waals surface area (Å²) in [7, 11) is 2.21. The molecule has 1 heterocycles. The lowest BCUT2D eigenvalue weighted by Gasteiger charge is -2.27. The van der Waals surface area contributed by atoms with Crippen LogP contribution in [0, 0.1) is 11.7 Å². The summed E-state index contributed by atoms with van der Waals surface area (Å²) >= 11 is 0. The quantitative estimate of drug-likeness (QED) is 0.619. The van der Waals surface area contributed by atoms with Crippen LogP contribution in [0.3, 0.4) is 0 Å². The Morgan fingerprint density at radius 2 is 2.03 bits per heavy atom. The Kier molecular flexibility index (Phi) is 5.67. The summed E-state index contributed by atoms with van der Waals surface area (Å²) in [6, 6.07) is 11.6. The third-order valence-electron chi connectivity index (χ3n) is 5.83. The van der Waals surface area contributed by atoms with Crippen molar-refractivity contribution < 1.29 is 9.18 Å². The number of amides is 1. The van der Waals surface area contributed by atoms with Gasteiger partial charge in [-0.05, 0) is 93.2 Å². The van der Waals surface area contributed by atoms with Crippen molar-refractivity contribution in [3.05, 3.63) is 65.1 Å². The average Bonchev–Trinajstić information content (AvgIpc) is 3.06. The summed E-state index contributed by atoms with van der Waals surface area (Å²) in [5, 5.41) is 4.14. The van der Waals surface area contributed by atoms with Crippen molar-refractivity contribution in [1.29, 1.82) is 0 Å². The fourth-order valence-electron chi connectivity index (χ4n) is 4.44. The molecule has 0 radical (unpaired) electrons. The highest BCUT2D eigenvalue weighted by atomic mass is 19.1. The summed E-state index contributed by atoms with van der Waals surface area (Å²) in [5.74, 6) is 0.0874. The van der Waals surface area contributed by atoms with Crippen LogP contribution in [0.5, 0.6) is 0 Å². The van der Waals surface area contributed by atoms with Gasteiger partial charge in [0, 0.05) is 34.4 Å². The molecule has 4 rings (SSSR count). The van der Waals surface area contributed by atoms with Crippen molar-refractivity contribution in [3.63, 3.8) is 0 Å². The van der Waals surface area contributed by atoms with E-state index in [9.17, 15) is 9.18 Å². The number of aryl methyl sites for hydroxylation is 1. The number of aromatic nitrogens is 1. The predicted molar refractivity (Wildman–Crippen MR) is 116 cm³/mol. The van der Waals surface area contributed by atoms with Crippen molar-refractivity contribution >= 4 is 22.5 Å². The molecule has 2 N–H and O–H groups in total. The molecule has 0 fully saturated rings. The first-order valence-electron chi connectivity index (χ1n) is 10.4. The van der Waals surface area contributed by atoms with Crippen molar-refractivity contribution in [3.8, 4) is 0 Å². The van der Waals surface area contributed by atoms with E-state index >= 15 is 0 Å². The van der Waals surface area contributed by atoms with E-state index in [-0.39, 0.29) is 11.7 Å². The zero-order chi connectivity index (χ0) is 20.4. The van der Waals surface area contributed by atoms with Gasteiger partial charge in [0.15, 0.2) is 0 Å². The molecule has 0 spiro atoms. The summed E-state index contributed by atoms with van der Waals surface area (Å²) in [5.41, 5.74) is 5.05. The number of fused-ring (bicyclic) bond motifs is 3. The third-order valence-corrected chi connectivity index (χ3v) is 5.83. The number of carbonyl (C=O) groups excluding carboxylic acids is 1. The maximum absolute atomic E-state index is 13.1. The maximum atomic E-state index is 13.1. The minimum Gasteiger partial charge on any atom is -0.358 e. The van der Waals surface area contributed by atoms with E-state index < -0.39 is 0 Å². The molecule has 1 unspecified atom stereocenters. The van der Waals surface area contributed by atoms with Gasteiger partial charge < -0.3 is 15.2 Å². The molecule has 0 saturated heterocycles. The number of H-pyrrole nitrogens is 1. The Hall–Kier alpha value is -2.66. The Morgan fingerprint density at radius 3 is 2.79 bits per heavy atom. The number of rotatable bonds is 6. The van der Waals surface area contributed by atoms with Crippen LogP contribution in [0.2, 0.25) is 0 Å². The standard InChI is InChI=1S/C24H28FN3O/c1-3-12-28(2)15-16-4-10-22-20(13-16)21-14-19(9-11-23(21)27-22)26-24(29)17-5-7-18(25)8-6-17/h5-9,11,14,16,27H,3-4,10,12-13,15H2,1-2H3,(H,26,29). The molecular weight excluding hydrogens is 365 g/mol. The molecule has 1 amide bonds. The minimum atomic E-state index is -0.346. The van der Waals surface area contributed by atoms with E-state index in [4.69, 9.17) is 0 Å². The average molecular weight is 394 g/mol. The summed E-state index contributed by atoms with van der Waals surface area (Å²) in [6.45, 7) is 4.48. The van der Waals surface area contributed by atoms with Gasteiger partial charge in [0.1, 0.15) is 5.82 Å². The topological polar surface area (TPSA) is 48.1 Å². The van der Waals surface area contributed by atoms with E-state index in [2.05, 4.69) is 35.2 Å². The number of carbonyl (C=O) groups is 1. The second-order valence-electron chi connectivity index (χ2n) is 8.17. The second-order valence-corrected chi connectivity index (χ2v) is 8.17. The largest absolute Gasteiger partial charge is 0.358 e. The normalized spacial score (nSPS) is 16.2. The molecule has 152 valence electrons. The number of nitrogens with one attached hydrogen (secondary N) is 2. The van der Waals surface area contributed by atoms with E-state index in [0.717, 1.165) is 37.1 Å². The molecule has 5 heteroatoms. The van der Waals surface area contributed by atoms with E-state index in [1.807, 2.05) is 12.1 Å². The Labute approximate surface area is 171 Å². The van der Waals surface area contributed by atoms with Crippen LogP contribution in [0.25, 0.3) is 10.9 Å². The highest BCUT2D eigenvalue weighted by Gasteiger charge is 2.23. The molecular formula is C24H28FN3O. The molecule has 1 aromatic heterocycles. The summed E-state index contributed by atoms with van der Waals surface area (Å²) in [6.07, 6.45) is 4.53. The first kappa shape index (κ1) is 19.6. The predicted octanol–water partition coefficient (Wildman–Crippen LogP) is 5.01. The monoisotopic (exact) mass is 393 g/mol. The van der Waals surface area contributed by atoms with E-state index in [1.165, 1.54) is 53.8 Å². The van der Waals surface area contributed by atoms with Crippen LogP contribution in [-0.4, -0.2) is 35.9 Å². The molecule has 3 aromatic rings. The number of benzene rings is 2. The number of halogens is 1. The van der Waals surface area contributed by atoms with Gasteiger partial charge in [-0.25, -0.2) is 4.39 Å². The van der Waals surface area contributed by atoms with Gasteiger partial charge >= 0.3 is 0 Å². The van der Waals surface area contributed by atoms with Gasteiger partial charge in [-0.2, -0.15) is 0 Å². The Balaban J connectivity index is 1.53. The minimum absolute atomic E-state index is 0.229. The van der Waals surface area contributed by atoms with Crippen molar-refractivity contribution in [2.24, 2.45) is 5.92 Å². The Morgan fingerprint density at radius 1 is 1.24 bits per heavy atom. The van der Waals surface area contributed by atoms with Gasteiger partial charge in [0.2, 0.25) is 0 Å². The molecule has 1 atom stereocenters. The fraction of sp³-hybridized carbons (Fsp3) is 0.375. The molecule has 1 aliphatic carbocycles. The first-order chi connectivity index (χ1) is 14.0. The maximum Gasteiger partial charge on any atom is 0.255 e. The smallest absolute Gasteiger partial charge is 0.255 e. The molecule has 1 aliphatic rings. The van der Waals surface area contributed by atoms with Crippen molar-refractivity contribution in [2.45, 2.75) is 32.6 Å². The zero-order valence-corrected chi connectivity index (χ0v) is 17.1. The van der Waals surface area contributed by atoms with Crippen LogP contribution < -0.4 is 5.32 Å². The lowest BCUT2D eigenvalue weighted by molar-refractivity contribution is 0.102. The summed E-state index contributed by atoms with van der Waals surface area (Å²) < 4.78 is 13.1. The number of nitrogens with zero attached hydrogens (tertiary/aromatic N) is 1. The van der Waals surface area contributed by atoms with E-state index in [1.54, 1.807) is 0 Å². The second kappa shape index (κ2) is 8.37. The molecule has 2 aromatic carbocycles. The van der Waals surface area contributed by atoms with E-state index in [0.29, 0.717) is 11.5 Å². The van der Waals surface area contributed by atoms with Crippen molar-refractivity contribution in [2.75, 3.05) is 25.5 Å². The lowest BCUT2D eigenvalue weighted by Crippen LogP contribution is -2.29. The number of hydrogen-bond acceptors (Lipinski definition) is 2. The lowest BCUT2D eigenvalue weighted by atomic mass is 9.86. The van der Waals surface area contributed by atoms with Crippen LogP contribution in [-0.2, 0) is 12.8 Å². The molecule has 0 bridgehead atoms. The van der Waals surface area contributed by atoms with Crippen molar-refractivity contribution in [1.82, 2.24) is 9.88 Å². The molecule has 0 saturated carbocycles. The third kappa shape index (κ3) is 4.35. The zero-order valence-electron chi connectivity index (χ0n) is 17.1. The van der Waals surface area contributed by atoms with Gasteiger partial charge in [0.25, 0.3) is 5.91 Å². The molecule has 0 aliphatic heterocycles. The van der Waals surface area contributed by atoms with Gasteiger partial charge in [-0.1, -0.05) is 6.92 Å². The highest BCUT2D eigenvalue weighted by molar-refractivity contribution is 6.05. The first-order valence-corrected chi connectivity index (χ1v) is 10.4. The SMILES string of the molecule is CCCN(C)CC1CCc2[nH]c3ccc(NC(=O)c4ccc(F)cc4)cc3c2C1. The molecule has 29 heavy (non-hydrogen) atoms. The Bertz CT molecular complexity index is 1010. The van der Waals surface area contributed by atoms with Gasteiger partial charge in [-0.3, -0.25) is 4.79 Å². The van der Waals surface area contributed by atoms with Crippen LogP contribution in [0.4, 0.5) is 10.1 Å². The number of anilines is 1. The van der Waals surface area contributed by atoms with Crippen LogP contribution >= 0.6 is 0 Å². The molecule has 4 nitrogen and oxygen atoms in total. The van der Waals surface area contributed by atoms with Gasteiger partial charge in [0.05, 0.1) is 0 Å². The van der Waals surface area contributed by atoms with Crippen LogP contribution in [0.1, 0.15) is 41.4 Å². The number of aromatic amines is 1. The van der Waals surface area contributed by atoms with Crippen LogP contribution in [0.15, 0.2) is 42.5 Å². The number of hydrogen-bond donors (Lipinski definition) is 2. The highest BCUT2D eigenvalue weighted by Crippen LogP contribution is 2.33. The summed E-state index contributed by atoms with van der Waals surface area (Å²) in [4.78, 5) is 18.5.